The number of carbonyl (C=O) groups is 2. The van der Waals surface area contributed by atoms with Crippen molar-refractivity contribution in [1.82, 2.24) is 4.90 Å². The molecule has 0 spiro atoms. The van der Waals surface area contributed by atoms with Crippen molar-refractivity contribution < 1.29 is 14.7 Å². The highest BCUT2D eigenvalue weighted by molar-refractivity contribution is 7.80. The number of hydrogen-bond acceptors (Lipinski definition) is 4. The molecule has 0 bridgehead atoms. The fourth-order valence-corrected chi connectivity index (χ4v) is 3.39. The largest absolute Gasteiger partial charge is 0.480 e. The molecule has 1 aliphatic heterocycles. The molecule has 1 heterocycles. The Balaban J connectivity index is 1.90. The van der Waals surface area contributed by atoms with Crippen LogP contribution in [0.1, 0.15) is 31.7 Å². The molecule has 3 atom stereocenters. The van der Waals surface area contributed by atoms with Gasteiger partial charge in [0.25, 0.3) is 0 Å². The summed E-state index contributed by atoms with van der Waals surface area (Å²) in [5.74, 6) is -1.08. The zero-order chi connectivity index (χ0) is 17.7. The van der Waals surface area contributed by atoms with Crippen LogP contribution in [0.5, 0.6) is 0 Å². The highest BCUT2D eigenvalue weighted by Crippen LogP contribution is 2.22. The summed E-state index contributed by atoms with van der Waals surface area (Å²) in [6.45, 7) is 2.51. The average Bonchev–Trinajstić information content (AvgIpc) is 3.04. The van der Waals surface area contributed by atoms with Crippen LogP contribution in [0.3, 0.4) is 0 Å². The number of Topliss-reactive ketones (excluding diaryl/α,β-unsaturated/α-hetero) is 1. The third-order valence-electron chi connectivity index (χ3n) is 4.46. The molecular weight excluding hydrogens is 324 g/mol. The van der Waals surface area contributed by atoms with Crippen molar-refractivity contribution >= 4 is 29.0 Å². The summed E-state index contributed by atoms with van der Waals surface area (Å²) in [7, 11) is 0. The number of nitrogens with zero attached hydrogens (tertiary/aromatic N) is 1. The van der Waals surface area contributed by atoms with Crippen LogP contribution >= 0.6 is 12.2 Å². The van der Waals surface area contributed by atoms with E-state index in [0.717, 1.165) is 12.0 Å². The minimum Gasteiger partial charge on any atom is -0.480 e. The van der Waals surface area contributed by atoms with E-state index in [1.54, 1.807) is 4.90 Å². The first-order valence-electron chi connectivity index (χ1n) is 8.25. The van der Waals surface area contributed by atoms with Gasteiger partial charge >= 0.3 is 5.97 Å². The molecule has 0 aromatic heterocycles. The van der Waals surface area contributed by atoms with Crippen LogP contribution in [0, 0.1) is 5.92 Å². The van der Waals surface area contributed by atoms with Gasteiger partial charge in [-0.3, -0.25) is 4.79 Å². The second kappa shape index (κ2) is 8.35. The maximum absolute atomic E-state index is 12.4. The molecular formula is C18H24N2O3S. The van der Waals surface area contributed by atoms with E-state index in [2.05, 4.69) is 0 Å². The minimum absolute atomic E-state index is 0.0419. The highest BCUT2D eigenvalue weighted by Gasteiger charge is 2.34. The molecule has 3 N–H and O–H groups in total. The standard InChI is InChI=1S/C18H24N2O3S/c1-12(17(24)20-9-5-8-15(20)18(22)23)10-16(21)14(19)11-13-6-3-2-4-7-13/h2-4,6-7,12,14-15H,5,8-11,19H2,1H3,(H,22,23)/t12?,14-,15+/m1/s1. The van der Waals surface area contributed by atoms with Crippen LogP contribution in [-0.4, -0.2) is 45.4 Å². The molecule has 0 saturated carbocycles. The van der Waals surface area contributed by atoms with E-state index in [4.69, 9.17) is 18.0 Å². The molecule has 0 amide bonds. The topological polar surface area (TPSA) is 83.6 Å². The third kappa shape index (κ3) is 4.61. The lowest BCUT2D eigenvalue weighted by Gasteiger charge is -2.28. The number of carbonyl (C=O) groups excluding carboxylic acids is 1. The predicted octanol–water partition coefficient (Wildman–Crippen LogP) is 2.03. The summed E-state index contributed by atoms with van der Waals surface area (Å²) < 4.78 is 0. The van der Waals surface area contributed by atoms with Crippen LogP contribution in [-0.2, 0) is 16.0 Å². The van der Waals surface area contributed by atoms with Crippen molar-refractivity contribution in [3.05, 3.63) is 35.9 Å². The van der Waals surface area contributed by atoms with Gasteiger partial charge in [0.1, 0.15) is 6.04 Å². The third-order valence-corrected chi connectivity index (χ3v) is 5.10. The van der Waals surface area contributed by atoms with Crippen molar-refractivity contribution in [3.63, 3.8) is 0 Å². The van der Waals surface area contributed by atoms with Crippen LogP contribution in [0.2, 0.25) is 0 Å². The van der Waals surface area contributed by atoms with E-state index in [-0.39, 0.29) is 18.1 Å². The van der Waals surface area contributed by atoms with E-state index in [1.807, 2.05) is 37.3 Å². The van der Waals surface area contributed by atoms with Crippen molar-refractivity contribution in [2.45, 2.75) is 44.7 Å². The van der Waals surface area contributed by atoms with Gasteiger partial charge in [-0.05, 0) is 24.8 Å². The number of nitrogens with two attached hydrogens (primary N) is 1. The first-order chi connectivity index (χ1) is 11.4. The minimum atomic E-state index is -0.853. The van der Waals surface area contributed by atoms with Crippen LogP contribution in [0.25, 0.3) is 0 Å². The normalized spacial score (nSPS) is 19.8. The number of rotatable bonds is 7. The molecule has 130 valence electrons. The molecule has 1 fully saturated rings. The number of thiocarbonyl (C=S) groups is 1. The van der Waals surface area contributed by atoms with E-state index in [0.29, 0.717) is 24.4 Å². The number of aliphatic carboxylic acids is 1. The van der Waals surface area contributed by atoms with Gasteiger partial charge in [-0.2, -0.15) is 0 Å². The molecule has 1 aromatic carbocycles. The first-order valence-corrected chi connectivity index (χ1v) is 8.66. The Labute approximate surface area is 147 Å². The zero-order valence-corrected chi connectivity index (χ0v) is 14.7. The SMILES string of the molecule is CC(CC(=O)[C@H](N)Cc1ccccc1)C(=S)N1CCC[C@H]1C(=O)O. The van der Waals surface area contributed by atoms with E-state index in [9.17, 15) is 14.7 Å². The van der Waals surface area contributed by atoms with Gasteiger partial charge in [0.2, 0.25) is 0 Å². The maximum Gasteiger partial charge on any atom is 0.326 e. The summed E-state index contributed by atoms with van der Waals surface area (Å²) in [5, 5.41) is 9.26. The molecule has 6 heteroatoms. The van der Waals surface area contributed by atoms with Gasteiger partial charge in [0, 0.05) is 18.9 Å². The van der Waals surface area contributed by atoms with Crippen molar-refractivity contribution in [1.29, 1.82) is 0 Å². The Morgan fingerprint density at radius 3 is 2.67 bits per heavy atom. The summed E-state index contributed by atoms with van der Waals surface area (Å²) in [6.07, 6.45) is 2.16. The number of benzene rings is 1. The van der Waals surface area contributed by atoms with Gasteiger partial charge in [-0.1, -0.05) is 49.5 Å². The molecule has 1 saturated heterocycles. The summed E-state index contributed by atoms with van der Waals surface area (Å²) >= 11 is 5.44. The van der Waals surface area contributed by atoms with Gasteiger partial charge in [-0.25, -0.2) is 4.79 Å². The average molecular weight is 348 g/mol. The second-order valence-electron chi connectivity index (χ2n) is 6.40. The quantitative estimate of drug-likeness (QED) is 0.734. The summed E-state index contributed by atoms with van der Waals surface area (Å²) in [6, 6.07) is 8.53. The van der Waals surface area contributed by atoms with Crippen LogP contribution in [0.4, 0.5) is 0 Å². The maximum atomic E-state index is 12.4. The molecule has 1 unspecified atom stereocenters. The van der Waals surface area contributed by atoms with Crippen molar-refractivity contribution in [3.8, 4) is 0 Å². The van der Waals surface area contributed by atoms with Gasteiger partial charge in [0.05, 0.1) is 11.0 Å². The molecule has 0 radical (unpaired) electrons. The number of ketones is 1. The Morgan fingerprint density at radius 2 is 2.04 bits per heavy atom. The van der Waals surface area contributed by atoms with Gasteiger partial charge < -0.3 is 15.7 Å². The first kappa shape index (κ1) is 18.5. The Bertz CT molecular complexity index is 606. The lowest BCUT2D eigenvalue weighted by Crippen LogP contribution is -2.43. The molecule has 1 aromatic rings. The zero-order valence-electron chi connectivity index (χ0n) is 13.9. The fraction of sp³-hybridized carbons (Fsp3) is 0.500. The molecule has 2 rings (SSSR count). The van der Waals surface area contributed by atoms with E-state index in [1.165, 1.54) is 0 Å². The second-order valence-corrected chi connectivity index (χ2v) is 6.81. The Morgan fingerprint density at radius 1 is 1.38 bits per heavy atom. The number of carboxylic acid groups (broad SMARTS) is 1. The monoisotopic (exact) mass is 348 g/mol. The summed E-state index contributed by atoms with van der Waals surface area (Å²) in [4.78, 5) is 26.0. The smallest absolute Gasteiger partial charge is 0.326 e. The molecule has 24 heavy (non-hydrogen) atoms. The Hall–Kier alpha value is -1.79. The Kier molecular flexibility index (Phi) is 6.45. The lowest BCUT2D eigenvalue weighted by atomic mass is 9.95. The van der Waals surface area contributed by atoms with E-state index < -0.39 is 18.1 Å². The van der Waals surface area contributed by atoms with Gasteiger partial charge in [0.15, 0.2) is 5.78 Å². The van der Waals surface area contributed by atoms with Crippen LogP contribution < -0.4 is 5.73 Å². The number of carboxylic acids is 1. The lowest BCUT2D eigenvalue weighted by molar-refractivity contribution is -0.140. The number of likely N-dealkylation sites (tertiary alicyclic amines) is 1. The summed E-state index contributed by atoms with van der Waals surface area (Å²) in [5.41, 5.74) is 7.05. The van der Waals surface area contributed by atoms with Crippen molar-refractivity contribution in [2.24, 2.45) is 11.7 Å². The number of hydrogen-bond donors (Lipinski definition) is 2. The van der Waals surface area contributed by atoms with Crippen LogP contribution in [0.15, 0.2) is 30.3 Å². The fourth-order valence-electron chi connectivity index (χ4n) is 3.09. The van der Waals surface area contributed by atoms with Crippen molar-refractivity contribution in [2.75, 3.05) is 6.54 Å². The predicted molar refractivity (Wildman–Crippen MR) is 96.9 cm³/mol. The molecule has 1 aliphatic rings. The van der Waals surface area contributed by atoms with Gasteiger partial charge in [-0.15, -0.1) is 0 Å². The molecule has 0 aliphatic carbocycles. The van der Waals surface area contributed by atoms with E-state index >= 15 is 0 Å². The highest BCUT2D eigenvalue weighted by atomic mass is 32.1. The molecule has 5 nitrogen and oxygen atoms in total.